The molecule has 24 heavy (non-hydrogen) atoms. The number of pyridine rings is 2. The highest BCUT2D eigenvalue weighted by molar-refractivity contribution is 5.92. The van der Waals surface area contributed by atoms with Crippen LogP contribution in [0.3, 0.4) is 0 Å². The summed E-state index contributed by atoms with van der Waals surface area (Å²) in [5, 5.41) is 0. The van der Waals surface area contributed by atoms with Crippen LogP contribution in [-0.4, -0.2) is 51.4 Å². The number of amides is 1. The second-order valence-corrected chi connectivity index (χ2v) is 6.49. The van der Waals surface area contributed by atoms with Gasteiger partial charge in [-0.25, -0.2) is 9.37 Å². The number of halogens is 1. The summed E-state index contributed by atoms with van der Waals surface area (Å²) in [6.45, 7) is 3.21. The van der Waals surface area contributed by atoms with E-state index in [4.69, 9.17) is 0 Å². The van der Waals surface area contributed by atoms with Crippen molar-refractivity contribution >= 4 is 5.91 Å². The van der Waals surface area contributed by atoms with Crippen LogP contribution in [0.25, 0.3) is 0 Å². The topological polar surface area (TPSA) is 49.3 Å². The molecule has 1 amide bonds. The van der Waals surface area contributed by atoms with Crippen molar-refractivity contribution in [2.75, 3.05) is 19.6 Å². The minimum atomic E-state index is -0.551. The van der Waals surface area contributed by atoms with Gasteiger partial charge in [0, 0.05) is 50.8 Å². The van der Waals surface area contributed by atoms with E-state index in [1.165, 1.54) is 23.9 Å². The number of carbonyl (C=O) groups excluding carboxylic acids is 1. The molecule has 2 aliphatic rings. The van der Waals surface area contributed by atoms with E-state index in [0.717, 1.165) is 19.5 Å². The van der Waals surface area contributed by atoms with E-state index >= 15 is 0 Å². The Hall–Kier alpha value is -2.34. The van der Waals surface area contributed by atoms with Gasteiger partial charge in [-0.3, -0.25) is 14.7 Å². The third kappa shape index (κ3) is 2.78. The smallest absolute Gasteiger partial charge is 0.275 e. The summed E-state index contributed by atoms with van der Waals surface area (Å²) < 4.78 is 13.8. The maximum Gasteiger partial charge on any atom is 0.275 e. The van der Waals surface area contributed by atoms with Gasteiger partial charge in [0.1, 0.15) is 0 Å². The zero-order valence-corrected chi connectivity index (χ0v) is 13.3. The lowest BCUT2D eigenvalue weighted by Crippen LogP contribution is -2.64. The monoisotopic (exact) mass is 326 g/mol. The molecule has 0 aromatic carbocycles. The van der Waals surface area contributed by atoms with Crippen LogP contribution in [0.15, 0.2) is 42.9 Å². The molecule has 2 aromatic rings. The van der Waals surface area contributed by atoms with E-state index in [-0.39, 0.29) is 11.6 Å². The molecule has 6 heteroatoms. The molecule has 0 saturated carbocycles. The summed E-state index contributed by atoms with van der Waals surface area (Å²) in [5.74, 6) is -0.232. The predicted molar refractivity (Wildman–Crippen MR) is 86.6 cm³/mol. The van der Waals surface area contributed by atoms with Crippen molar-refractivity contribution in [3.05, 3.63) is 59.9 Å². The highest BCUT2D eigenvalue weighted by Gasteiger charge is 2.43. The average molecular weight is 326 g/mol. The summed E-state index contributed by atoms with van der Waals surface area (Å²) in [4.78, 5) is 24.7. The molecule has 2 aromatic heterocycles. The lowest BCUT2D eigenvalue weighted by Gasteiger charge is -2.53. The molecule has 0 radical (unpaired) electrons. The molecule has 4 rings (SSSR count). The number of fused-ring (bicyclic) bond motifs is 1. The number of nitrogens with zero attached hydrogens (tertiary/aromatic N) is 4. The number of rotatable bonds is 3. The fourth-order valence-corrected chi connectivity index (χ4v) is 3.69. The number of hydrogen-bond donors (Lipinski definition) is 0. The van der Waals surface area contributed by atoms with Gasteiger partial charge in [0.2, 0.25) is 0 Å². The maximum atomic E-state index is 13.8. The van der Waals surface area contributed by atoms with Gasteiger partial charge in [-0.1, -0.05) is 6.07 Å². The van der Waals surface area contributed by atoms with E-state index in [1.54, 1.807) is 11.1 Å². The van der Waals surface area contributed by atoms with Gasteiger partial charge in [-0.2, -0.15) is 0 Å². The molecule has 124 valence electrons. The van der Waals surface area contributed by atoms with E-state index in [9.17, 15) is 9.18 Å². The lowest BCUT2D eigenvalue weighted by atomic mass is 9.82. The first kappa shape index (κ1) is 15.2. The van der Waals surface area contributed by atoms with Crippen molar-refractivity contribution in [2.45, 2.75) is 19.0 Å². The number of hydrogen-bond acceptors (Lipinski definition) is 4. The second kappa shape index (κ2) is 6.28. The number of aromatic nitrogens is 2. The third-order valence-electron chi connectivity index (χ3n) is 5.02. The molecule has 2 aliphatic heterocycles. The molecule has 4 heterocycles. The van der Waals surface area contributed by atoms with Gasteiger partial charge >= 0.3 is 0 Å². The Balaban J connectivity index is 1.44. The van der Waals surface area contributed by atoms with Crippen molar-refractivity contribution in [1.29, 1.82) is 0 Å². The Kier molecular flexibility index (Phi) is 3.98. The van der Waals surface area contributed by atoms with Crippen LogP contribution in [0.1, 0.15) is 22.5 Å². The normalized spacial score (nSPS) is 23.5. The first-order chi connectivity index (χ1) is 11.7. The van der Waals surface area contributed by atoms with Crippen LogP contribution in [0.4, 0.5) is 4.39 Å². The molecule has 2 saturated heterocycles. The standard InChI is InChI=1S/C18H19FN4O/c19-15-4-2-7-21-17(15)18(24)22-8-5-14-11-23(16(14)12-22)10-13-3-1-6-20-9-13/h1-4,6-7,9,14,16H,5,8,10-12H2/t14-,16-/m1/s1. The van der Waals surface area contributed by atoms with Gasteiger partial charge < -0.3 is 4.90 Å². The molecule has 2 atom stereocenters. The largest absolute Gasteiger partial charge is 0.336 e. The van der Waals surface area contributed by atoms with E-state index in [0.29, 0.717) is 25.0 Å². The third-order valence-corrected chi connectivity index (χ3v) is 5.02. The first-order valence-electron chi connectivity index (χ1n) is 8.25. The Labute approximate surface area is 140 Å². The zero-order valence-electron chi connectivity index (χ0n) is 13.3. The number of carbonyl (C=O) groups is 1. The van der Waals surface area contributed by atoms with Crippen LogP contribution in [0.2, 0.25) is 0 Å². The highest BCUT2D eigenvalue weighted by atomic mass is 19.1. The SMILES string of the molecule is O=C(c1ncccc1F)N1CC[C@@H]2CN(Cc3cccnc3)[C@@H]2C1. The zero-order chi connectivity index (χ0) is 16.5. The molecule has 2 fully saturated rings. The van der Waals surface area contributed by atoms with Crippen LogP contribution >= 0.6 is 0 Å². The van der Waals surface area contributed by atoms with Gasteiger partial charge in [0.25, 0.3) is 5.91 Å². The Morgan fingerprint density at radius 1 is 1.25 bits per heavy atom. The predicted octanol–water partition coefficient (Wildman–Crippen LogP) is 1.96. The lowest BCUT2D eigenvalue weighted by molar-refractivity contribution is -0.0430. The summed E-state index contributed by atoms with van der Waals surface area (Å²) in [6, 6.07) is 7.13. The van der Waals surface area contributed by atoms with Crippen molar-refractivity contribution < 1.29 is 9.18 Å². The molecule has 0 unspecified atom stereocenters. The van der Waals surface area contributed by atoms with E-state index in [1.807, 2.05) is 12.3 Å². The molecule has 5 nitrogen and oxygen atoms in total. The number of likely N-dealkylation sites (tertiary alicyclic amines) is 2. The fraction of sp³-hybridized carbons (Fsp3) is 0.389. The maximum absolute atomic E-state index is 13.8. The van der Waals surface area contributed by atoms with Crippen molar-refractivity contribution in [3.63, 3.8) is 0 Å². The molecular formula is C18H19FN4O. The Morgan fingerprint density at radius 3 is 2.92 bits per heavy atom. The molecule has 0 aliphatic carbocycles. The summed E-state index contributed by atoms with van der Waals surface area (Å²) >= 11 is 0. The fourth-order valence-electron chi connectivity index (χ4n) is 3.69. The summed E-state index contributed by atoms with van der Waals surface area (Å²) in [6.07, 6.45) is 6.07. The average Bonchev–Trinajstić information content (AvgIpc) is 2.60. The van der Waals surface area contributed by atoms with Gasteiger partial charge in [-0.05, 0) is 36.1 Å². The molecule has 0 bridgehead atoms. The minimum Gasteiger partial charge on any atom is -0.336 e. The van der Waals surface area contributed by atoms with Crippen molar-refractivity contribution in [2.24, 2.45) is 5.92 Å². The quantitative estimate of drug-likeness (QED) is 0.865. The van der Waals surface area contributed by atoms with Crippen LogP contribution < -0.4 is 0 Å². The highest BCUT2D eigenvalue weighted by Crippen LogP contribution is 2.34. The van der Waals surface area contributed by atoms with Gasteiger partial charge in [0.05, 0.1) is 0 Å². The Morgan fingerprint density at radius 2 is 2.12 bits per heavy atom. The summed E-state index contributed by atoms with van der Waals surface area (Å²) in [7, 11) is 0. The van der Waals surface area contributed by atoms with Gasteiger partial charge in [-0.15, -0.1) is 0 Å². The molecule has 0 spiro atoms. The second-order valence-electron chi connectivity index (χ2n) is 6.49. The van der Waals surface area contributed by atoms with Crippen LogP contribution in [-0.2, 0) is 6.54 Å². The summed E-state index contributed by atoms with van der Waals surface area (Å²) in [5.41, 5.74) is 1.10. The van der Waals surface area contributed by atoms with Crippen molar-refractivity contribution in [3.8, 4) is 0 Å². The van der Waals surface area contributed by atoms with E-state index in [2.05, 4.69) is 20.9 Å². The van der Waals surface area contributed by atoms with Gasteiger partial charge in [0.15, 0.2) is 11.5 Å². The van der Waals surface area contributed by atoms with Crippen LogP contribution in [0.5, 0.6) is 0 Å². The van der Waals surface area contributed by atoms with Crippen molar-refractivity contribution in [1.82, 2.24) is 19.8 Å². The minimum absolute atomic E-state index is 0.0749. The van der Waals surface area contributed by atoms with E-state index < -0.39 is 5.82 Å². The Bertz CT molecular complexity index is 739. The first-order valence-corrected chi connectivity index (χ1v) is 8.25. The van der Waals surface area contributed by atoms with Crippen LogP contribution in [0, 0.1) is 11.7 Å². The number of piperidine rings is 1. The molecular weight excluding hydrogens is 307 g/mol. The molecule has 0 N–H and O–H groups in total.